The lowest BCUT2D eigenvalue weighted by molar-refractivity contribution is -0.134. The summed E-state index contributed by atoms with van der Waals surface area (Å²) in [5.74, 6) is -0.176. The number of carbonyl (C=O) groups is 3. The van der Waals surface area contributed by atoms with Crippen molar-refractivity contribution in [3.63, 3.8) is 0 Å². The van der Waals surface area contributed by atoms with Crippen molar-refractivity contribution in [2.45, 2.75) is 79.0 Å². The van der Waals surface area contributed by atoms with Crippen LogP contribution < -0.4 is 5.32 Å². The number of likely N-dealkylation sites (tertiary alicyclic amines) is 1. The van der Waals surface area contributed by atoms with Crippen LogP contribution >= 0.6 is 0 Å². The minimum Gasteiger partial charge on any atom is -0.444 e. The number of aryl methyl sites for hydroxylation is 1. The molecule has 3 amide bonds. The van der Waals surface area contributed by atoms with Gasteiger partial charge in [-0.1, -0.05) is 17.7 Å². The van der Waals surface area contributed by atoms with Crippen molar-refractivity contribution in [3.8, 4) is 0 Å². The predicted octanol–water partition coefficient (Wildman–Crippen LogP) is 4.00. The molecule has 7 heteroatoms. The summed E-state index contributed by atoms with van der Waals surface area (Å²) >= 11 is 0. The molecule has 7 nitrogen and oxygen atoms in total. The van der Waals surface area contributed by atoms with Crippen LogP contribution in [0, 0.1) is 12.8 Å². The first kappa shape index (κ1) is 25.7. The highest BCUT2D eigenvalue weighted by atomic mass is 16.6. The Bertz CT molecular complexity index is 816. The third kappa shape index (κ3) is 7.53. The number of hydrogen-bond donors (Lipinski definition) is 1. The van der Waals surface area contributed by atoms with E-state index < -0.39 is 11.6 Å². The highest BCUT2D eigenvalue weighted by molar-refractivity contribution is 5.97. The Balaban J connectivity index is 1.97. The molecule has 2 atom stereocenters. The first-order valence-electron chi connectivity index (χ1n) is 11.5. The minimum absolute atomic E-state index is 0.00321. The summed E-state index contributed by atoms with van der Waals surface area (Å²) in [4.78, 5) is 41.8. The van der Waals surface area contributed by atoms with Crippen molar-refractivity contribution < 1.29 is 19.1 Å². The SMILES string of the molecule is Cc1cccc(C(=O)NC(C)C(=O)N2CCCC(CN(C(=O)OC(C)(C)C)C(C)C)C2)c1. The van der Waals surface area contributed by atoms with E-state index in [1.165, 1.54) is 0 Å². The first-order valence-corrected chi connectivity index (χ1v) is 11.5. The van der Waals surface area contributed by atoms with E-state index >= 15 is 0 Å². The van der Waals surface area contributed by atoms with Crippen molar-refractivity contribution in [1.82, 2.24) is 15.1 Å². The number of ether oxygens (including phenoxy) is 1. The fourth-order valence-corrected chi connectivity index (χ4v) is 3.91. The Morgan fingerprint density at radius 1 is 1.22 bits per heavy atom. The number of hydrogen-bond acceptors (Lipinski definition) is 4. The molecule has 0 radical (unpaired) electrons. The fourth-order valence-electron chi connectivity index (χ4n) is 3.91. The zero-order valence-corrected chi connectivity index (χ0v) is 20.6. The molecule has 0 aromatic heterocycles. The van der Waals surface area contributed by atoms with E-state index in [2.05, 4.69) is 5.32 Å². The van der Waals surface area contributed by atoms with Crippen molar-refractivity contribution in [2.24, 2.45) is 5.92 Å². The van der Waals surface area contributed by atoms with Gasteiger partial charge in [-0.3, -0.25) is 9.59 Å². The molecule has 1 heterocycles. The van der Waals surface area contributed by atoms with Gasteiger partial charge >= 0.3 is 6.09 Å². The van der Waals surface area contributed by atoms with E-state index in [1.807, 2.05) is 58.6 Å². The number of piperidine rings is 1. The van der Waals surface area contributed by atoms with Crippen LogP contribution in [0.3, 0.4) is 0 Å². The molecule has 178 valence electrons. The molecule has 1 saturated heterocycles. The van der Waals surface area contributed by atoms with Crippen LogP contribution in [-0.4, -0.2) is 65.0 Å². The number of amides is 3. The first-order chi connectivity index (χ1) is 14.9. The third-order valence-electron chi connectivity index (χ3n) is 5.54. The maximum absolute atomic E-state index is 13.0. The van der Waals surface area contributed by atoms with Crippen molar-refractivity contribution in [1.29, 1.82) is 0 Å². The van der Waals surface area contributed by atoms with E-state index in [1.54, 1.807) is 24.0 Å². The molecule has 2 rings (SSSR count). The average Bonchev–Trinajstić information content (AvgIpc) is 2.70. The number of rotatable bonds is 6. The van der Waals surface area contributed by atoms with Crippen LogP contribution in [0.5, 0.6) is 0 Å². The molecule has 1 aromatic carbocycles. The summed E-state index contributed by atoms with van der Waals surface area (Å²) < 4.78 is 5.57. The van der Waals surface area contributed by atoms with Crippen LogP contribution in [0.25, 0.3) is 0 Å². The highest BCUT2D eigenvalue weighted by Crippen LogP contribution is 2.21. The van der Waals surface area contributed by atoms with Gasteiger partial charge in [-0.2, -0.15) is 0 Å². The lowest BCUT2D eigenvalue weighted by atomic mass is 9.96. The molecule has 32 heavy (non-hydrogen) atoms. The highest BCUT2D eigenvalue weighted by Gasteiger charge is 2.31. The van der Waals surface area contributed by atoms with Crippen LogP contribution in [0.4, 0.5) is 4.79 Å². The average molecular weight is 446 g/mol. The molecular weight excluding hydrogens is 406 g/mol. The third-order valence-corrected chi connectivity index (χ3v) is 5.54. The fraction of sp³-hybridized carbons (Fsp3) is 0.640. The van der Waals surface area contributed by atoms with Gasteiger partial charge in [0.05, 0.1) is 0 Å². The summed E-state index contributed by atoms with van der Waals surface area (Å²) in [6.45, 7) is 14.9. The normalized spacial score (nSPS) is 17.6. The van der Waals surface area contributed by atoms with E-state index in [4.69, 9.17) is 4.74 Å². The topological polar surface area (TPSA) is 79.0 Å². The van der Waals surface area contributed by atoms with Gasteiger partial charge in [0.1, 0.15) is 11.6 Å². The standard InChI is InChI=1S/C25H39N3O4/c1-17(2)28(24(31)32-25(5,6)7)16-20-11-9-13-27(15-20)23(30)19(4)26-22(29)21-12-8-10-18(3)14-21/h8,10,12,14,17,19-20H,9,11,13,15-16H2,1-7H3,(H,26,29). The molecular formula is C25H39N3O4. The molecule has 1 N–H and O–H groups in total. The minimum atomic E-state index is -0.617. The zero-order chi connectivity index (χ0) is 24.1. The number of nitrogens with zero attached hydrogens (tertiary/aromatic N) is 2. The number of benzene rings is 1. The zero-order valence-electron chi connectivity index (χ0n) is 20.6. The predicted molar refractivity (Wildman–Crippen MR) is 125 cm³/mol. The van der Waals surface area contributed by atoms with E-state index in [9.17, 15) is 14.4 Å². The Morgan fingerprint density at radius 2 is 1.91 bits per heavy atom. The van der Waals surface area contributed by atoms with Gasteiger partial charge in [0, 0.05) is 31.2 Å². The lowest BCUT2D eigenvalue weighted by Gasteiger charge is -2.38. The molecule has 0 bridgehead atoms. The smallest absolute Gasteiger partial charge is 0.410 e. The van der Waals surface area contributed by atoms with Gasteiger partial charge in [0.2, 0.25) is 5.91 Å². The van der Waals surface area contributed by atoms with Crippen LogP contribution in [0.1, 0.15) is 70.3 Å². The van der Waals surface area contributed by atoms with Gasteiger partial charge in [0.15, 0.2) is 0 Å². The molecule has 2 unspecified atom stereocenters. The second-order valence-corrected chi connectivity index (χ2v) is 10.1. The Labute approximate surface area is 192 Å². The molecule has 1 aliphatic rings. The summed E-state index contributed by atoms with van der Waals surface area (Å²) in [5, 5.41) is 2.82. The maximum Gasteiger partial charge on any atom is 0.410 e. The van der Waals surface area contributed by atoms with Gasteiger partial charge in [-0.25, -0.2) is 4.79 Å². The second kappa shape index (κ2) is 10.8. The number of nitrogens with one attached hydrogen (secondary N) is 1. The van der Waals surface area contributed by atoms with Crippen LogP contribution in [0.2, 0.25) is 0 Å². The maximum atomic E-state index is 13.0. The van der Waals surface area contributed by atoms with Crippen LogP contribution in [-0.2, 0) is 9.53 Å². The molecule has 0 aliphatic carbocycles. The monoisotopic (exact) mass is 445 g/mol. The molecule has 1 aliphatic heterocycles. The summed E-state index contributed by atoms with van der Waals surface area (Å²) in [6, 6.07) is 6.69. The second-order valence-electron chi connectivity index (χ2n) is 10.1. The summed E-state index contributed by atoms with van der Waals surface area (Å²) in [5.41, 5.74) is 0.991. The molecule has 0 spiro atoms. The van der Waals surface area contributed by atoms with Gasteiger partial charge in [-0.15, -0.1) is 0 Å². The van der Waals surface area contributed by atoms with E-state index in [-0.39, 0.29) is 29.9 Å². The lowest BCUT2D eigenvalue weighted by Crippen LogP contribution is -2.52. The Hall–Kier alpha value is -2.57. The van der Waals surface area contributed by atoms with E-state index in [0.29, 0.717) is 25.2 Å². The summed E-state index contributed by atoms with van der Waals surface area (Å²) in [6.07, 6.45) is 1.49. The van der Waals surface area contributed by atoms with Crippen molar-refractivity contribution >= 4 is 17.9 Å². The largest absolute Gasteiger partial charge is 0.444 e. The molecule has 1 aromatic rings. The quantitative estimate of drug-likeness (QED) is 0.718. The van der Waals surface area contributed by atoms with E-state index in [0.717, 1.165) is 18.4 Å². The van der Waals surface area contributed by atoms with Crippen molar-refractivity contribution in [2.75, 3.05) is 19.6 Å². The Kier molecular flexibility index (Phi) is 8.70. The van der Waals surface area contributed by atoms with Crippen LogP contribution in [0.15, 0.2) is 24.3 Å². The van der Waals surface area contributed by atoms with Gasteiger partial charge in [-0.05, 0) is 79.4 Å². The van der Waals surface area contributed by atoms with Gasteiger partial charge in [0.25, 0.3) is 5.91 Å². The summed E-state index contributed by atoms with van der Waals surface area (Å²) in [7, 11) is 0. The van der Waals surface area contributed by atoms with Crippen molar-refractivity contribution in [3.05, 3.63) is 35.4 Å². The Morgan fingerprint density at radius 3 is 2.50 bits per heavy atom. The molecule has 1 fully saturated rings. The number of carbonyl (C=O) groups excluding carboxylic acids is 3. The van der Waals surface area contributed by atoms with Gasteiger partial charge < -0.3 is 19.9 Å². The molecule has 0 saturated carbocycles.